The van der Waals surface area contributed by atoms with Gasteiger partial charge in [0.25, 0.3) is 0 Å². The molecule has 0 aliphatic heterocycles. The topological polar surface area (TPSA) is 38.0 Å². The number of hydrogen-bond donors (Lipinski definition) is 1. The zero-order valence-corrected chi connectivity index (χ0v) is 12.1. The first-order valence-corrected chi connectivity index (χ1v) is 6.78. The van der Waals surface area contributed by atoms with E-state index in [0.29, 0.717) is 5.82 Å². The molecule has 1 unspecified atom stereocenters. The molecule has 1 aromatic carbocycles. The van der Waals surface area contributed by atoms with Gasteiger partial charge in [0, 0.05) is 18.9 Å². The molecule has 1 N–H and O–H groups in total. The summed E-state index contributed by atoms with van der Waals surface area (Å²) in [6.07, 6.45) is 4.70. The summed E-state index contributed by atoms with van der Waals surface area (Å²) in [4.78, 5) is 4.37. The quantitative estimate of drug-likeness (QED) is 0.914. The zero-order chi connectivity index (χ0) is 14.0. The Labute approximate surface area is 114 Å². The Bertz CT molecular complexity index is 570. The van der Waals surface area contributed by atoms with E-state index in [1.807, 2.05) is 43.7 Å². The van der Waals surface area contributed by atoms with Crippen LogP contribution in [0.25, 0.3) is 0 Å². The predicted octanol–water partition coefficient (Wildman–Crippen LogP) is 3.17. The molecule has 2 rings (SSSR count). The fourth-order valence-corrected chi connectivity index (χ4v) is 2.54. The summed E-state index contributed by atoms with van der Waals surface area (Å²) in [5.74, 6) is 0.711. The van der Waals surface area contributed by atoms with Crippen LogP contribution in [0.5, 0.6) is 0 Å². The molecule has 0 fully saturated rings. The van der Waals surface area contributed by atoms with Crippen LogP contribution in [0.2, 0.25) is 0 Å². The van der Waals surface area contributed by atoms with E-state index in [9.17, 15) is 5.11 Å². The highest BCUT2D eigenvalue weighted by Crippen LogP contribution is 2.31. The van der Waals surface area contributed by atoms with E-state index in [2.05, 4.69) is 18.0 Å². The molecule has 0 amide bonds. The first-order valence-electron chi connectivity index (χ1n) is 6.78. The van der Waals surface area contributed by atoms with Crippen molar-refractivity contribution in [3.05, 3.63) is 53.1 Å². The number of aliphatic hydroxyl groups is 1. The van der Waals surface area contributed by atoms with Gasteiger partial charge < -0.3 is 9.67 Å². The second-order valence-electron chi connectivity index (χ2n) is 5.33. The number of nitrogens with zero attached hydrogens (tertiary/aromatic N) is 2. The average molecular weight is 258 g/mol. The van der Waals surface area contributed by atoms with Crippen LogP contribution in [0.3, 0.4) is 0 Å². The molecule has 0 saturated heterocycles. The van der Waals surface area contributed by atoms with Crippen LogP contribution in [0.4, 0.5) is 0 Å². The van der Waals surface area contributed by atoms with Crippen molar-refractivity contribution in [3.8, 4) is 0 Å². The van der Waals surface area contributed by atoms with Crippen molar-refractivity contribution in [1.82, 2.24) is 9.55 Å². The number of hydrogen-bond acceptors (Lipinski definition) is 2. The maximum absolute atomic E-state index is 11.0. The minimum Gasteiger partial charge on any atom is -0.377 e. The highest BCUT2D eigenvalue weighted by molar-refractivity contribution is 5.38. The molecule has 1 aromatic heterocycles. The van der Waals surface area contributed by atoms with Crippen LogP contribution in [-0.4, -0.2) is 14.7 Å². The third-order valence-electron chi connectivity index (χ3n) is 3.53. The van der Waals surface area contributed by atoms with Crippen LogP contribution in [0.15, 0.2) is 30.6 Å². The molecule has 102 valence electrons. The smallest absolute Gasteiger partial charge is 0.145 e. The summed E-state index contributed by atoms with van der Waals surface area (Å²) in [5.41, 5.74) is 2.10. The largest absolute Gasteiger partial charge is 0.377 e. The Kier molecular flexibility index (Phi) is 3.76. The van der Waals surface area contributed by atoms with Gasteiger partial charge in [-0.15, -0.1) is 0 Å². The van der Waals surface area contributed by atoms with Gasteiger partial charge >= 0.3 is 0 Å². The number of rotatable bonds is 4. The standard InChI is InChI=1S/C16H22N2O/c1-5-9-18-10-8-17-15(18)16(4,19)14-11-12(2)6-7-13(14)3/h6-8,10-11,19H,5,9H2,1-4H3. The molecule has 0 bridgehead atoms. The average Bonchev–Trinajstić information content (AvgIpc) is 2.81. The minimum atomic E-state index is -1.06. The molecule has 0 saturated carbocycles. The lowest BCUT2D eigenvalue weighted by atomic mass is 9.90. The maximum atomic E-state index is 11.0. The first-order chi connectivity index (χ1) is 8.96. The summed E-state index contributed by atoms with van der Waals surface area (Å²) >= 11 is 0. The third kappa shape index (κ3) is 2.56. The van der Waals surface area contributed by atoms with Crippen molar-refractivity contribution in [2.45, 2.75) is 46.3 Å². The number of aryl methyl sites for hydroxylation is 3. The molecule has 3 heteroatoms. The van der Waals surface area contributed by atoms with Crippen molar-refractivity contribution < 1.29 is 5.11 Å². The lowest BCUT2D eigenvalue weighted by Gasteiger charge is -2.26. The zero-order valence-electron chi connectivity index (χ0n) is 12.1. The molecule has 0 aliphatic carbocycles. The fraction of sp³-hybridized carbons (Fsp3) is 0.438. The van der Waals surface area contributed by atoms with Crippen molar-refractivity contribution in [3.63, 3.8) is 0 Å². The minimum absolute atomic E-state index is 0.711. The van der Waals surface area contributed by atoms with Crippen LogP contribution in [-0.2, 0) is 12.1 Å². The van der Waals surface area contributed by atoms with Crippen molar-refractivity contribution in [2.75, 3.05) is 0 Å². The predicted molar refractivity (Wildman–Crippen MR) is 77.1 cm³/mol. The lowest BCUT2D eigenvalue weighted by molar-refractivity contribution is 0.0871. The highest BCUT2D eigenvalue weighted by Gasteiger charge is 2.31. The Morgan fingerprint density at radius 2 is 2.05 bits per heavy atom. The van der Waals surface area contributed by atoms with Crippen molar-refractivity contribution in [1.29, 1.82) is 0 Å². The summed E-state index contributed by atoms with van der Waals surface area (Å²) in [7, 11) is 0. The van der Waals surface area contributed by atoms with Gasteiger partial charge in [-0.05, 0) is 38.3 Å². The van der Waals surface area contributed by atoms with Crippen LogP contribution in [0, 0.1) is 13.8 Å². The molecule has 0 aliphatic rings. The van der Waals surface area contributed by atoms with Crippen LogP contribution < -0.4 is 0 Å². The number of imidazole rings is 1. The summed E-state index contributed by atoms with van der Waals surface area (Å²) in [6.45, 7) is 8.88. The first kappa shape index (κ1) is 13.8. The Balaban J connectivity index is 2.51. The summed E-state index contributed by atoms with van der Waals surface area (Å²) < 4.78 is 2.03. The second kappa shape index (κ2) is 5.17. The Morgan fingerprint density at radius 1 is 1.32 bits per heavy atom. The van der Waals surface area contributed by atoms with E-state index in [1.165, 1.54) is 0 Å². The van der Waals surface area contributed by atoms with Gasteiger partial charge in [0.1, 0.15) is 11.4 Å². The number of aromatic nitrogens is 2. The van der Waals surface area contributed by atoms with Gasteiger partial charge in [0.2, 0.25) is 0 Å². The highest BCUT2D eigenvalue weighted by atomic mass is 16.3. The van der Waals surface area contributed by atoms with Crippen LogP contribution in [0.1, 0.15) is 42.8 Å². The van der Waals surface area contributed by atoms with E-state index < -0.39 is 5.60 Å². The van der Waals surface area contributed by atoms with E-state index in [1.54, 1.807) is 6.20 Å². The molecule has 2 aromatic rings. The van der Waals surface area contributed by atoms with Gasteiger partial charge in [-0.3, -0.25) is 0 Å². The van der Waals surface area contributed by atoms with E-state index in [0.717, 1.165) is 29.7 Å². The van der Waals surface area contributed by atoms with Crippen molar-refractivity contribution in [2.24, 2.45) is 0 Å². The van der Waals surface area contributed by atoms with Gasteiger partial charge in [-0.1, -0.05) is 30.7 Å². The molecular formula is C16H22N2O. The van der Waals surface area contributed by atoms with E-state index in [-0.39, 0.29) is 0 Å². The van der Waals surface area contributed by atoms with Gasteiger partial charge in [-0.2, -0.15) is 0 Å². The molecule has 3 nitrogen and oxygen atoms in total. The van der Waals surface area contributed by atoms with Gasteiger partial charge in [0.15, 0.2) is 0 Å². The molecule has 19 heavy (non-hydrogen) atoms. The Morgan fingerprint density at radius 3 is 2.74 bits per heavy atom. The SMILES string of the molecule is CCCn1ccnc1C(C)(O)c1cc(C)ccc1C. The van der Waals surface area contributed by atoms with Gasteiger partial charge in [0.05, 0.1) is 0 Å². The van der Waals surface area contributed by atoms with Crippen LogP contribution >= 0.6 is 0 Å². The molecule has 0 spiro atoms. The molecule has 1 heterocycles. The summed E-state index contributed by atoms with van der Waals surface area (Å²) in [6, 6.07) is 6.15. The summed E-state index contributed by atoms with van der Waals surface area (Å²) in [5, 5.41) is 11.0. The van der Waals surface area contributed by atoms with E-state index in [4.69, 9.17) is 0 Å². The third-order valence-corrected chi connectivity index (χ3v) is 3.53. The second-order valence-corrected chi connectivity index (χ2v) is 5.33. The molecule has 0 radical (unpaired) electrons. The normalized spacial score (nSPS) is 14.4. The van der Waals surface area contributed by atoms with Crippen molar-refractivity contribution >= 4 is 0 Å². The maximum Gasteiger partial charge on any atom is 0.145 e. The van der Waals surface area contributed by atoms with Gasteiger partial charge in [-0.25, -0.2) is 4.98 Å². The molecular weight excluding hydrogens is 236 g/mol. The monoisotopic (exact) mass is 258 g/mol. The molecule has 1 atom stereocenters. The Hall–Kier alpha value is -1.61. The van der Waals surface area contributed by atoms with E-state index >= 15 is 0 Å². The fourth-order valence-electron chi connectivity index (χ4n) is 2.54. The lowest BCUT2D eigenvalue weighted by Crippen LogP contribution is -2.28. The number of benzene rings is 1.